The minimum atomic E-state index is -0.993. The average Bonchev–Trinajstić information content (AvgIpc) is 2.18. The third-order valence-electron chi connectivity index (χ3n) is 2.05. The number of carbonyl (C=O) groups is 1. The van der Waals surface area contributed by atoms with E-state index in [-0.39, 0.29) is 0 Å². The first-order valence-corrected chi connectivity index (χ1v) is 5.63. The summed E-state index contributed by atoms with van der Waals surface area (Å²) in [5, 5.41) is 7.75. The molecule has 1 aromatic rings. The van der Waals surface area contributed by atoms with Crippen LogP contribution in [0.3, 0.4) is 0 Å². The Bertz CT molecular complexity index is 335. The molecule has 0 radical (unpaired) electrons. The van der Waals surface area contributed by atoms with Gasteiger partial charge < -0.3 is 10.8 Å². The Balaban J connectivity index is 2.68. The summed E-state index contributed by atoms with van der Waals surface area (Å²) < 4.78 is 0. The molecule has 0 saturated heterocycles. The molecular weight excluding hydrogens is 210 g/mol. The van der Waals surface area contributed by atoms with E-state index in [1.54, 1.807) is 0 Å². The van der Waals surface area contributed by atoms with Gasteiger partial charge in [0.1, 0.15) is 0 Å². The van der Waals surface area contributed by atoms with Crippen LogP contribution in [0.4, 0.5) is 0 Å². The highest BCUT2D eigenvalue weighted by Gasteiger charge is 2.12. The van der Waals surface area contributed by atoms with Crippen molar-refractivity contribution in [3.05, 3.63) is 29.8 Å². The summed E-state index contributed by atoms with van der Waals surface area (Å²) in [5.74, 6) is -0.509. The Morgan fingerprint density at radius 2 is 1.87 bits per heavy atom. The number of hydrogen-bond donors (Lipinski definition) is 2. The molecule has 0 aromatic heterocycles. The minimum absolute atomic E-state index is 0.484. The SMILES string of the molecule is CC(C)c1ccc(SC(N)C(=O)O)cc1. The lowest BCUT2D eigenvalue weighted by Crippen LogP contribution is -2.25. The van der Waals surface area contributed by atoms with Crippen LogP contribution in [0.25, 0.3) is 0 Å². The van der Waals surface area contributed by atoms with Gasteiger partial charge in [-0.05, 0) is 23.6 Å². The van der Waals surface area contributed by atoms with Crippen molar-refractivity contribution in [3.63, 3.8) is 0 Å². The number of benzene rings is 1. The number of aliphatic carboxylic acids is 1. The van der Waals surface area contributed by atoms with Crippen LogP contribution in [0, 0.1) is 0 Å². The van der Waals surface area contributed by atoms with Crippen molar-refractivity contribution in [1.29, 1.82) is 0 Å². The molecule has 0 saturated carbocycles. The fraction of sp³-hybridized carbons (Fsp3) is 0.364. The molecule has 3 nitrogen and oxygen atoms in total. The third-order valence-corrected chi connectivity index (χ3v) is 3.05. The van der Waals surface area contributed by atoms with Crippen LogP contribution in [-0.4, -0.2) is 16.4 Å². The lowest BCUT2D eigenvalue weighted by molar-refractivity contribution is -0.136. The summed E-state index contributed by atoms with van der Waals surface area (Å²) in [6, 6.07) is 7.81. The molecule has 1 atom stereocenters. The van der Waals surface area contributed by atoms with E-state index in [9.17, 15) is 4.79 Å². The van der Waals surface area contributed by atoms with E-state index in [1.165, 1.54) is 5.56 Å². The van der Waals surface area contributed by atoms with Gasteiger partial charge in [0.05, 0.1) is 0 Å². The number of nitrogens with two attached hydrogens (primary N) is 1. The predicted octanol–water partition coefficient (Wildman–Crippen LogP) is 2.27. The first kappa shape index (κ1) is 12.1. The molecule has 0 fully saturated rings. The maximum absolute atomic E-state index is 10.5. The molecule has 0 aliphatic carbocycles. The number of rotatable bonds is 4. The van der Waals surface area contributed by atoms with E-state index in [4.69, 9.17) is 10.8 Å². The molecule has 4 heteroatoms. The molecule has 0 aliphatic heterocycles. The quantitative estimate of drug-likeness (QED) is 0.609. The summed E-state index contributed by atoms with van der Waals surface area (Å²) in [7, 11) is 0. The zero-order valence-corrected chi connectivity index (χ0v) is 9.62. The second kappa shape index (κ2) is 5.19. The van der Waals surface area contributed by atoms with E-state index in [1.807, 2.05) is 24.3 Å². The lowest BCUT2D eigenvalue weighted by Gasteiger charge is -2.08. The van der Waals surface area contributed by atoms with Crippen LogP contribution in [-0.2, 0) is 4.79 Å². The number of carboxylic acids is 1. The molecule has 3 N–H and O–H groups in total. The largest absolute Gasteiger partial charge is 0.479 e. The van der Waals surface area contributed by atoms with Gasteiger partial charge in [-0.15, -0.1) is 0 Å². The zero-order chi connectivity index (χ0) is 11.4. The molecule has 1 rings (SSSR count). The van der Waals surface area contributed by atoms with Crippen molar-refractivity contribution in [2.45, 2.75) is 30.0 Å². The van der Waals surface area contributed by atoms with E-state index < -0.39 is 11.3 Å². The Hall–Kier alpha value is -1.00. The summed E-state index contributed by atoms with van der Waals surface area (Å²) in [6.07, 6.45) is 0. The second-order valence-corrected chi connectivity index (χ2v) is 4.82. The first-order chi connectivity index (χ1) is 7.00. The molecule has 0 bridgehead atoms. The molecule has 82 valence electrons. The fourth-order valence-electron chi connectivity index (χ4n) is 1.13. The van der Waals surface area contributed by atoms with Crippen molar-refractivity contribution in [1.82, 2.24) is 0 Å². The summed E-state index contributed by atoms with van der Waals surface area (Å²) in [4.78, 5) is 11.4. The van der Waals surface area contributed by atoms with Gasteiger partial charge in [0.25, 0.3) is 0 Å². The predicted molar refractivity (Wildman–Crippen MR) is 62.0 cm³/mol. The molecule has 0 amide bonds. The monoisotopic (exact) mass is 225 g/mol. The molecule has 0 spiro atoms. The zero-order valence-electron chi connectivity index (χ0n) is 8.81. The van der Waals surface area contributed by atoms with Gasteiger partial charge in [0, 0.05) is 4.90 Å². The van der Waals surface area contributed by atoms with E-state index in [2.05, 4.69) is 13.8 Å². The highest BCUT2D eigenvalue weighted by Crippen LogP contribution is 2.23. The number of carboxylic acid groups (broad SMARTS) is 1. The number of hydrogen-bond acceptors (Lipinski definition) is 3. The summed E-state index contributed by atoms with van der Waals surface area (Å²) >= 11 is 1.15. The van der Waals surface area contributed by atoms with E-state index in [0.717, 1.165) is 16.7 Å². The molecule has 0 heterocycles. The smallest absolute Gasteiger partial charge is 0.331 e. The highest BCUT2D eigenvalue weighted by atomic mass is 32.2. The average molecular weight is 225 g/mol. The van der Waals surface area contributed by atoms with Crippen molar-refractivity contribution < 1.29 is 9.90 Å². The standard InChI is InChI=1S/C11H15NO2S/c1-7(2)8-3-5-9(6-4-8)15-10(12)11(13)14/h3-7,10H,12H2,1-2H3,(H,13,14). The van der Waals surface area contributed by atoms with Gasteiger partial charge in [-0.2, -0.15) is 0 Å². The fourth-order valence-corrected chi connectivity index (χ4v) is 1.82. The highest BCUT2D eigenvalue weighted by molar-refractivity contribution is 8.00. The topological polar surface area (TPSA) is 63.3 Å². The maximum Gasteiger partial charge on any atom is 0.331 e. The molecule has 0 aliphatic rings. The van der Waals surface area contributed by atoms with Crippen molar-refractivity contribution >= 4 is 17.7 Å². The molecule has 15 heavy (non-hydrogen) atoms. The Morgan fingerprint density at radius 1 is 1.33 bits per heavy atom. The van der Waals surface area contributed by atoms with Crippen LogP contribution in [0.5, 0.6) is 0 Å². The van der Waals surface area contributed by atoms with Gasteiger partial charge >= 0.3 is 5.97 Å². The Labute approximate surface area is 93.7 Å². The molecule has 1 unspecified atom stereocenters. The van der Waals surface area contributed by atoms with Gasteiger partial charge in [-0.3, -0.25) is 0 Å². The van der Waals surface area contributed by atoms with Crippen molar-refractivity contribution in [2.24, 2.45) is 5.73 Å². The first-order valence-electron chi connectivity index (χ1n) is 4.75. The maximum atomic E-state index is 10.5. The van der Waals surface area contributed by atoms with Crippen LogP contribution >= 0.6 is 11.8 Å². The normalized spacial score (nSPS) is 12.8. The number of thioether (sulfide) groups is 1. The van der Waals surface area contributed by atoms with E-state index >= 15 is 0 Å². The van der Waals surface area contributed by atoms with Crippen LogP contribution in [0.2, 0.25) is 0 Å². The second-order valence-electron chi connectivity index (χ2n) is 3.60. The van der Waals surface area contributed by atoms with Gasteiger partial charge in [-0.1, -0.05) is 37.7 Å². The van der Waals surface area contributed by atoms with Gasteiger partial charge in [0.2, 0.25) is 0 Å². The molecular formula is C11H15NO2S. The summed E-state index contributed by atoms with van der Waals surface area (Å²) in [5.41, 5.74) is 6.65. The molecule has 1 aromatic carbocycles. The Morgan fingerprint density at radius 3 is 2.27 bits per heavy atom. The minimum Gasteiger partial charge on any atom is -0.479 e. The van der Waals surface area contributed by atoms with Gasteiger partial charge in [-0.25, -0.2) is 4.79 Å². The van der Waals surface area contributed by atoms with Crippen molar-refractivity contribution in [3.8, 4) is 0 Å². The van der Waals surface area contributed by atoms with E-state index in [0.29, 0.717) is 5.92 Å². The Kier molecular flexibility index (Phi) is 4.17. The van der Waals surface area contributed by atoms with Crippen LogP contribution < -0.4 is 5.73 Å². The van der Waals surface area contributed by atoms with Crippen molar-refractivity contribution in [2.75, 3.05) is 0 Å². The third kappa shape index (κ3) is 3.57. The lowest BCUT2D eigenvalue weighted by atomic mass is 10.0. The van der Waals surface area contributed by atoms with Gasteiger partial charge in [0.15, 0.2) is 5.37 Å². The van der Waals surface area contributed by atoms with Crippen LogP contribution in [0.1, 0.15) is 25.3 Å². The summed E-state index contributed by atoms with van der Waals surface area (Å²) in [6.45, 7) is 4.23. The van der Waals surface area contributed by atoms with Crippen LogP contribution in [0.15, 0.2) is 29.2 Å².